The molecule has 2 atom stereocenters. The number of benzene rings is 3. The Morgan fingerprint density at radius 3 is 2.19 bits per heavy atom. The number of ketones is 1. The van der Waals surface area contributed by atoms with Gasteiger partial charge in [0.2, 0.25) is 10.0 Å². The molecule has 0 bridgehead atoms. The molecule has 3 aromatic rings. The molecule has 160 valence electrons. The van der Waals surface area contributed by atoms with E-state index in [1.807, 2.05) is 67.6 Å². The van der Waals surface area contributed by atoms with Gasteiger partial charge in [0, 0.05) is 6.42 Å². The SMILES string of the molecule is Cc1ccc(S(=O)(=O)N2CC(=O)C[C@H]2[C@@H](OCc2ccccc2)c2ccccc2)cc1. The van der Waals surface area contributed by atoms with Gasteiger partial charge in [0.25, 0.3) is 0 Å². The van der Waals surface area contributed by atoms with E-state index in [2.05, 4.69) is 0 Å². The third-order valence-corrected chi connectivity index (χ3v) is 7.40. The molecule has 0 unspecified atom stereocenters. The molecule has 0 N–H and O–H groups in total. The smallest absolute Gasteiger partial charge is 0.243 e. The van der Waals surface area contributed by atoms with E-state index >= 15 is 0 Å². The summed E-state index contributed by atoms with van der Waals surface area (Å²) >= 11 is 0. The summed E-state index contributed by atoms with van der Waals surface area (Å²) in [5.41, 5.74) is 2.81. The summed E-state index contributed by atoms with van der Waals surface area (Å²) < 4.78 is 34.4. The van der Waals surface area contributed by atoms with Crippen molar-refractivity contribution < 1.29 is 17.9 Å². The maximum atomic E-state index is 13.4. The molecule has 5 nitrogen and oxygen atoms in total. The summed E-state index contributed by atoms with van der Waals surface area (Å²) in [5, 5.41) is 0. The number of carbonyl (C=O) groups excluding carboxylic acids is 1. The van der Waals surface area contributed by atoms with Gasteiger partial charge in [-0.3, -0.25) is 4.79 Å². The molecule has 1 aliphatic rings. The van der Waals surface area contributed by atoms with Crippen molar-refractivity contribution in [3.05, 3.63) is 102 Å². The van der Waals surface area contributed by atoms with Crippen LogP contribution in [-0.2, 0) is 26.2 Å². The molecule has 3 aromatic carbocycles. The molecular formula is C25H25NO4S. The van der Waals surface area contributed by atoms with Crippen LogP contribution >= 0.6 is 0 Å². The number of carbonyl (C=O) groups is 1. The van der Waals surface area contributed by atoms with Gasteiger partial charge in [0.05, 0.1) is 30.2 Å². The Morgan fingerprint density at radius 1 is 0.935 bits per heavy atom. The molecule has 1 fully saturated rings. The zero-order valence-corrected chi connectivity index (χ0v) is 18.2. The molecule has 1 saturated heterocycles. The van der Waals surface area contributed by atoms with E-state index in [1.165, 1.54) is 4.31 Å². The minimum Gasteiger partial charge on any atom is -0.367 e. The number of sulfonamides is 1. The molecule has 0 amide bonds. The first-order chi connectivity index (χ1) is 14.9. The predicted molar refractivity (Wildman–Crippen MR) is 119 cm³/mol. The average Bonchev–Trinajstić information content (AvgIpc) is 3.18. The predicted octanol–water partition coefficient (Wildman–Crippen LogP) is 4.29. The Hall–Kier alpha value is -2.80. The fourth-order valence-corrected chi connectivity index (χ4v) is 5.50. The largest absolute Gasteiger partial charge is 0.367 e. The highest BCUT2D eigenvalue weighted by molar-refractivity contribution is 7.89. The third-order valence-electron chi connectivity index (χ3n) is 5.52. The van der Waals surface area contributed by atoms with E-state index in [-0.39, 0.29) is 23.6 Å². The van der Waals surface area contributed by atoms with Crippen molar-refractivity contribution in [1.29, 1.82) is 0 Å². The van der Waals surface area contributed by atoms with Crippen LogP contribution in [0.5, 0.6) is 0 Å². The van der Waals surface area contributed by atoms with Crippen LogP contribution in [0.15, 0.2) is 89.8 Å². The highest BCUT2D eigenvalue weighted by Gasteiger charge is 2.44. The molecule has 0 spiro atoms. The van der Waals surface area contributed by atoms with Crippen LogP contribution in [0.1, 0.15) is 29.2 Å². The lowest BCUT2D eigenvalue weighted by Crippen LogP contribution is -2.40. The Labute approximate surface area is 183 Å². The van der Waals surface area contributed by atoms with Crippen LogP contribution in [0, 0.1) is 6.92 Å². The van der Waals surface area contributed by atoms with Gasteiger partial charge in [-0.15, -0.1) is 0 Å². The van der Waals surface area contributed by atoms with E-state index < -0.39 is 22.2 Å². The molecular weight excluding hydrogens is 410 g/mol. The zero-order chi connectivity index (χ0) is 21.8. The van der Waals surface area contributed by atoms with Crippen molar-refractivity contribution in [2.24, 2.45) is 0 Å². The van der Waals surface area contributed by atoms with Gasteiger partial charge in [0.15, 0.2) is 0 Å². The van der Waals surface area contributed by atoms with Gasteiger partial charge >= 0.3 is 0 Å². The minimum atomic E-state index is -3.84. The van der Waals surface area contributed by atoms with Crippen molar-refractivity contribution in [1.82, 2.24) is 4.31 Å². The Balaban J connectivity index is 1.68. The lowest BCUT2D eigenvalue weighted by Gasteiger charge is -2.31. The van der Waals surface area contributed by atoms with Crippen LogP contribution in [0.25, 0.3) is 0 Å². The van der Waals surface area contributed by atoms with Gasteiger partial charge in [0.1, 0.15) is 5.78 Å². The van der Waals surface area contributed by atoms with Gasteiger partial charge in [-0.05, 0) is 30.2 Å². The molecule has 0 radical (unpaired) electrons. The number of aryl methyl sites for hydroxylation is 1. The molecule has 0 aromatic heterocycles. The summed E-state index contributed by atoms with van der Waals surface area (Å²) in [6.07, 6.45) is -0.438. The van der Waals surface area contributed by atoms with Crippen molar-refractivity contribution >= 4 is 15.8 Å². The van der Waals surface area contributed by atoms with Crippen molar-refractivity contribution in [2.45, 2.75) is 37.0 Å². The van der Waals surface area contributed by atoms with Crippen molar-refractivity contribution in [3.63, 3.8) is 0 Å². The topological polar surface area (TPSA) is 63.7 Å². The second-order valence-corrected chi connectivity index (χ2v) is 9.69. The van der Waals surface area contributed by atoms with Gasteiger partial charge in [-0.2, -0.15) is 4.31 Å². The van der Waals surface area contributed by atoms with Gasteiger partial charge < -0.3 is 4.74 Å². The molecule has 0 saturated carbocycles. The number of Topliss-reactive ketones (excluding diaryl/α,β-unsaturated/α-hetero) is 1. The minimum absolute atomic E-state index is 0.107. The van der Waals surface area contributed by atoms with Crippen LogP contribution < -0.4 is 0 Å². The summed E-state index contributed by atoms with van der Waals surface area (Å²) in [6.45, 7) is 2.09. The quantitative estimate of drug-likeness (QED) is 0.556. The van der Waals surface area contributed by atoms with Gasteiger partial charge in [-0.1, -0.05) is 78.4 Å². The van der Waals surface area contributed by atoms with E-state index in [0.717, 1.165) is 16.7 Å². The monoisotopic (exact) mass is 435 g/mol. The Bertz CT molecular complexity index is 1130. The van der Waals surface area contributed by atoms with Crippen LogP contribution in [0.3, 0.4) is 0 Å². The van der Waals surface area contributed by atoms with E-state index in [4.69, 9.17) is 4.74 Å². The molecule has 6 heteroatoms. The second-order valence-electron chi connectivity index (χ2n) is 7.80. The average molecular weight is 436 g/mol. The zero-order valence-electron chi connectivity index (χ0n) is 17.3. The highest BCUT2D eigenvalue weighted by Crippen LogP contribution is 2.35. The van der Waals surface area contributed by atoms with Crippen LogP contribution in [-0.4, -0.2) is 31.1 Å². The number of hydrogen-bond acceptors (Lipinski definition) is 4. The molecule has 4 rings (SSSR count). The first kappa shape index (κ1) is 21.4. The fraction of sp³-hybridized carbons (Fsp3) is 0.240. The van der Waals surface area contributed by atoms with E-state index in [0.29, 0.717) is 6.61 Å². The Morgan fingerprint density at radius 2 is 1.55 bits per heavy atom. The van der Waals surface area contributed by atoms with Crippen LogP contribution in [0.2, 0.25) is 0 Å². The first-order valence-electron chi connectivity index (χ1n) is 10.3. The lowest BCUT2D eigenvalue weighted by atomic mass is 10.0. The number of rotatable bonds is 7. The molecule has 1 aliphatic heterocycles. The highest BCUT2D eigenvalue weighted by atomic mass is 32.2. The maximum Gasteiger partial charge on any atom is 0.243 e. The third kappa shape index (κ3) is 4.77. The summed E-state index contributed by atoms with van der Waals surface area (Å²) in [5.74, 6) is -0.107. The van der Waals surface area contributed by atoms with E-state index in [1.54, 1.807) is 24.3 Å². The Kier molecular flexibility index (Phi) is 6.32. The maximum absolute atomic E-state index is 13.4. The molecule has 31 heavy (non-hydrogen) atoms. The number of ether oxygens (including phenoxy) is 1. The van der Waals surface area contributed by atoms with Crippen molar-refractivity contribution in [2.75, 3.05) is 6.54 Å². The van der Waals surface area contributed by atoms with Gasteiger partial charge in [-0.25, -0.2) is 8.42 Å². The number of nitrogens with zero attached hydrogens (tertiary/aromatic N) is 1. The fourth-order valence-electron chi connectivity index (χ4n) is 3.89. The van der Waals surface area contributed by atoms with E-state index in [9.17, 15) is 13.2 Å². The summed E-state index contributed by atoms with van der Waals surface area (Å²) in [6, 6.07) is 25.3. The normalized spacial score (nSPS) is 18.2. The first-order valence-corrected chi connectivity index (χ1v) is 11.7. The molecule has 1 heterocycles. The van der Waals surface area contributed by atoms with Crippen molar-refractivity contribution in [3.8, 4) is 0 Å². The molecule has 0 aliphatic carbocycles. The standard InChI is InChI=1S/C25H25NO4S/c1-19-12-14-23(15-13-19)31(28,29)26-17-22(27)16-24(26)25(21-10-6-3-7-11-21)30-18-20-8-4-2-5-9-20/h2-15,24-25H,16-18H2,1H3/t24-,25-/m0/s1. The van der Waals surface area contributed by atoms with Crippen LogP contribution in [0.4, 0.5) is 0 Å². The number of hydrogen-bond donors (Lipinski definition) is 0. The summed E-state index contributed by atoms with van der Waals surface area (Å²) in [7, 11) is -3.84. The lowest BCUT2D eigenvalue weighted by molar-refractivity contribution is -0.116. The second kappa shape index (κ2) is 9.14. The summed E-state index contributed by atoms with van der Waals surface area (Å²) in [4.78, 5) is 12.6.